The van der Waals surface area contributed by atoms with Crippen LogP contribution in [0.3, 0.4) is 0 Å². The van der Waals surface area contributed by atoms with Crippen LogP contribution in [0.2, 0.25) is 10.0 Å². The molecular formula is C23H25Cl2N5O5. The molecule has 1 aliphatic rings. The Hall–Kier alpha value is -3.21. The average Bonchev–Trinajstić information content (AvgIpc) is 3.49. The van der Waals surface area contributed by atoms with Gasteiger partial charge in [0.1, 0.15) is 5.56 Å². The van der Waals surface area contributed by atoms with Gasteiger partial charge in [0.2, 0.25) is 11.6 Å². The van der Waals surface area contributed by atoms with Crippen LogP contribution in [0.1, 0.15) is 26.5 Å². The van der Waals surface area contributed by atoms with E-state index in [1.54, 1.807) is 30.1 Å². The molecule has 1 saturated heterocycles. The molecule has 2 N–H and O–H groups in total. The second-order valence-electron chi connectivity index (χ2n) is 8.33. The summed E-state index contributed by atoms with van der Waals surface area (Å²) < 4.78 is 6.38. The van der Waals surface area contributed by atoms with Crippen LogP contribution in [-0.2, 0) is 13.1 Å². The molecule has 0 bridgehead atoms. The third kappa shape index (κ3) is 5.55. The molecule has 10 nitrogen and oxygen atoms in total. The van der Waals surface area contributed by atoms with E-state index in [4.69, 9.17) is 27.7 Å². The lowest BCUT2D eigenvalue weighted by Crippen LogP contribution is -2.49. The van der Waals surface area contributed by atoms with E-state index in [0.717, 1.165) is 5.56 Å². The SMILES string of the molecule is CN(Cc1ccc(Cl)c(Cl)c1)C(=O)c1cn(CCN2CCN(C(=O)c3ccno3)CC2)c(O)c1O. The van der Waals surface area contributed by atoms with Crippen molar-refractivity contribution < 1.29 is 24.3 Å². The molecule has 2 aromatic heterocycles. The molecular weight excluding hydrogens is 497 g/mol. The summed E-state index contributed by atoms with van der Waals surface area (Å²) in [6.45, 7) is 3.53. The first-order chi connectivity index (χ1) is 16.7. The highest BCUT2D eigenvalue weighted by Gasteiger charge is 2.26. The Bertz CT molecular complexity index is 1210. The molecule has 186 valence electrons. The number of carbonyl (C=O) groups excluding carboxylic acids is 2. The van der Waals surface area contributed by atoms with Crippen LogP contribution in [0.25, 0.3) is 0 Å². The number of hydrogen-bond donors (Lipinski definition) is 2. The van der Waals surface area contributed by atoms with Crippen molar-refractivity contribution >= 4 is 35.0 Å². The molecule has 3 aromatic rings. The Balaban J connectivity index is 1.33. The molecule has 0 unspecified atom stereocenters. The van der Waals surface area contributed by atoms with Gasteiger partial charge in [-0.25, -0.2) is 0 Å². The molecule has 12 heteroatoms. The molecule has 3 heterocycles. The van der Waals surface area contributed by atoms with Gasteiger partial charge >= 0.3 is 0 Å². The number of piperazine rings is 1. The smallest absolute Gasteiger partial charge is 0.292 e. The summed E-state index contributed by atoms with van der Waals surface area (Å²) in [5.74, 6) is -1.24. The van der Waals surface area contributed by atoms with Crippen molar-refractivity contribution in [3.05, 3.63) is 63.6 Å². The van der Waals surface area contributed by atoms with Crippen LogP contribution in [0.4, 0.5) is 0 Å². The standard InChI is InChI=1S/C23H25Cl2N5O5/c1-27(13-15-2-3-17(24)18(25)12-15)21(32)16-14-30(23(34)20(16)31)11-8-28-6-9-29(10-7-28)22(33)19-4-5-26-35-19/h2-5,12,14,31,34H,6-11,13H2,1H3. The molecule has 0 atom stereocenters. The second-order valence-corrected chi connectivity index (χ2v) is 9.14. The number of amides is 2. The van der Waals surface area contributed by atoms with E-state index < -0.39 is 11.7 Å². The van der Waals surface area contributed by atoms with Gasteiger partial charge in [-0.1, -0.05) is 34.4 Å². The minimum absolute atomic E-state index is 0.00698. The third-order valence-electron chi connectivity index (χ3n) is 5.97. The second kappa shape index (κ2) is 10.6. The zero-order chi connectivity index (χ0) is 25.1. The summed E-state index contributed by atoms with van der Waals surface area (Å²) in [6.07, 6.45) is 2.88. The summed E-state index contributed by atoms with van der Waals surface area (Å²) in [7, 11) is 1.60. The molecule has 1 aliphatic heterocycles. The fraction of sp³-hybridized carbons (Fsp3) is 0.348. The van der Waals surface area contributed by atoms with Crippen LogP contribution in [-0.4, -0.2) is 86.2 Å². The average molecular weight is 522 g/mol. The lowest BCUT2D eigenvalue weighted by Gasteiger charge is -2.34. The maximum absolute atomic E-state index is 12.9. The third-order valence-corrected chi connectivity index (χ3v) is 6.71. The van der Waals surface area contributed by atoms with Crippen molar-refractivity contribution in [1.82, 2.24) is 24.4 Å². The number of benzene rings is 1. The molecule has 2 amide bonds. The zero-order valence-electron chi connectivity index (χ0n) is 19.0. The molecule has 4 rings (SSSR count). The van der Waals surface area contributed by atoms with Crippen molar-refractivity contribution in [3.63, 3.8) is 0 Å². The summed E-state index contributed by atoms with van der Waals surface area (Å²) in [6, 6.07) is 6.63. The van der Waals surface area contributed by atoms with Gasteiger partial charge in [-0.15, -0.1) is 0 Å². The topological polar surface area (TPSA) is 115 Å². The lowest BCUT2D eigenvalue weighted by molar-refractivity contribution is 0.0592. The molecule has 0 aliphatic carbocycles. The first kappa shape index (κ1) is 24.9. The van der Waals surface area contributed by atoms with E-state index in [1.807, 2.05) is 0 Å². The fourth-order valence-electron chi connectivity index (χ4n) is 3.96. The van der Waals surface area contributed by atoms with Crippen molar-refractivity contribution in [2.75, 3.05) is 39.8 Å². The van der Waals surface area contributed by atoms with Crippen molar-refractivity contribution in [2.45, 2.75) is 13.1 Å². The minimum atomic E-state index is -0.460. The van der Waals surface area contributed by atoms with Crippen molar-refractivity contribution in [2.24, 2.45) is 0 Å². The maximum Gasteiger partial charge on any atom is 0.292 e. The highest BCUT2D eigenvalue weighted by Crippen LogP contribution is 2.32. The van der Waals surface area contributed by atoms with Gasteiger partial charge in [0.05, 0.1) is 16.2 Å². The Morgan fingerprint density at radius 3 is 2.49 bits per heavy atom. The van der Waals surface area contributed by atoms with E-state index in [9.17, 15) is 19.8 Å². The first-order valence-electron chi connectivity index (χ1n) is 11.0. The van der Waals surface area contributed by atoms with Crippen molar-refractivity contribution in [1.29, 1.82) is 0 Å². The Labute approximate surface area is 211 Å². The quantitative estimate of drug-likeness (QED) is 0.491. The van der Waals surface area contributed by atoms with Crippen molar-refractivity contribution in [3.8, 4) is 11.6 Å². The van der Waals surface area contributed by atoms with E-state index in [2.05, 4.69) is 10.1 Å². The molecule has 1 fully saturated rings. The number of hydrogen-bond acceptors (Lipinski definition) is 7. The molecule has 0 saturated carbocycles. The van der Waals surface area contributed by atoms with Gasteiger partial charge in [0.15, 0.2) is 5.75 Å². The first-order valence-corrected chi connectivity index (χ1v) is 11.7. The number of carbonyl (C=O) groups is 2. The number of nitrogens with zero attached hydrogens (tertiary/aromatic N) is 5. The molecule has 0 spiro atoms. The molecule has 0 radical (unpaired) electrons. The van der Waals surface area contributed by atoms with E-state index in [-0.39, 0.29) is 29.7 Å². The van der Waals surface area contributed by atoms with Crippen LogP contribution in [0.15, 0.2) is 41.2 Å². The van der Waals surface area contributed by atoms with Gasteiger partial charge in [-0.2, -0.15) is 0 Å². The highest BCUT2D eigenvalue weighted by atomic mass is 35.5. The molecule has 1 aromatic carbocycles. The van der Waals surface area contributed by atoms with Gasteiger partial charge in [-0.05, 0) is 17.7 Å². The Morgan fingerprint density at radius 1 is 1.09 bits per heavy atom. The lowest BCUT2D eigenvalue weighted by atomic mass is 10.2. The monoisotopic (exact) mass is 521 g/mol. The van der Waals surface area contributed by atoms with Gasteiger partial charge in [0.25, 0.3) is 11.8 Å². The van der Waals surface area contributed by atoms with Crippen LogP contribution in [0.5, 0.6) is 11.6 Å². The number of aromatic nitrogens is 2. The summed E-state index contributed by atoms with van der Waals surface area (Å²) in [5.41, 5.74) is 0.784. The van der Waals surface area contributed by atoms with E-state index >= 15 is 0 Å². The highest BCUT2D eigenvalue weighted by molar-refractivity contribution is 6.42. The maximum atomic E-state index is 12.9. The van der Waals surface area contributed by atoms with E-state index in [1.165, 1.54) is 27.9 Å². The van der Waals surface area contributed by atoms with Gasteiger partial charge in [-0.3, -0.25) is 14.5 Å². The molecule has 35 heavy (non-hydrogen) atoms. The predicted molar refractivity (Wildman–Crippen MR) is 129 cm³/mol. The van der Waals surface area contributed by atoms with Gasteiger partial charge < -0.3 is 29.1 Å². The number of halogens is 2. The van der Waals surface area contributed by atoms with Gasteiger partial charge in [0, 0.05) is 65.1 Å². The normalized spacial score (nSPS) is 14.3. The summed E-state index contributed by atoms with van der Waals surface area (Å²) in [5, 5.41) is 25.1. The Kier molecular flexibility index (Phi) is 7.54. The summed E-state index contributed by atoms with van der Waals surface area (Å²) >= 11 is 12.0. The minimum Gasteiger partial charge on any atom is -0.503 e. The largest absolute Gasteiger partial charge is 0.503 e. The van der Waals surface area contributed by atoms with Crippen LogP contribution >= 0.6 is 23.2 Å². The van der Waals surface area contributed by atoms with Crippen LogP contribution in [0, 0.1) is 0 Å². The fourth-order valence-corrected chi connectivity index (χ4v) is 4.28. The zero-order valence-corrected chi connectivity index (χ0v) is 20.5. The number of rotatable bonds is 7. The van der Waals surface area contributed by atoms with Crippen LogP contribution < -0.4 is 0 Å². The Morgan fingerprint density at radius 2 is 1.83 bits per heavy atom. The number of aromatic hydroxyl groups is 2. The summed E-state index contributed by atoms with van der Waals surface area (Å²) in [4.78, 5) is 30.5. The van der Waals surface area contributed by atoms with E-state index in [0.29, 0.717) is 49.3 Å². The predicted octanol–water partition coefficient (Wildman–Crippen LogP) is 2.92.